The van der Waals surface area contributed by atoms with Crippen LogP contribution in [0.2, 0.25) is 0 Å². The van der Waals surface area contributed by atoms with Gasteiger partial charge in [-0.05, 0) is 69.1 Å². The van der Waals surface area contributed by atoms with Crippen molar-refractivity contribution in [2.75, 3.05) is 6.61 Å². The standard InChI is InChI=1S/C19H30O2/c1-5-21-19(10-8-14(2)9-11-19)18(20)13-17-7-6-15(3)16(4)12-17/h6-7,12,14,18,20H,5,8-11,13H2,1-4H3. The lowest BCUT2D eigenvalue weighted by Gasteiger charge is -2.42. The normalized spacial score (nSPS) is 27.6. The highest BCUT2D eigenvalue weighted by molar-refractivity contribution is 5.30. The number of benzene rings is 1. The third kappa shape index (κ3) is 3.87. The van der Waals surface area contributed by atoms with E-state index < -0.39 is 6.10 Å². The van der Waals surface area contributed by atoms with Crippen molar-refractivity contribution in [3.63, 3.8) is 0 Å². The molecule has 1 saturated carbocycles. The van der Waals surface area contributed by atoms with Crippen LogP contribution >= 0.6 is 0 Å². The summed E-state index contributed by atoms with van der Waals surface area (Å²) < 4.78 is 6.06. The van der Waals surface area contributed by atoms with Crippen LogP contribution in [-0.2, 0) is 11.2 Å². The number of aryl methyl sites for hydroxylation is 2. The lowest BCUT2D eigenvalue weighted by atomic mass is 9.75. The zero-order chi connectivity index (χ0) is 15.5. The van der Waals surface area contributed by atoms with Crippen molar-refractivity contribution in [1.29, 1.82) is 0 Å². The first kappa shape index (κ1) is 16.5. The number of rotatable bonds is 5. The molecule has 21 heavy (non-hydrogen) atoms. The average molecular weight is 290 g/mol. The van der Waals surface area contributed by atoms with E-state index in [1.807, 2.05) is 6.92 Å². The third-order valence-corrected chi connectivity index (χ3v) is 5.16. The molecule has 118 valence electrons. The van der Waals surface area contributed by atoms with E-state index in [1.165, 1.54) is 16.7 Å². The highest BCUT2D eigenvalue weighted by Gasteiger charge is 2.41. The molecule has 1 aromatic carbocycles. The van der Waals surface area contributed by atoms with Gasteiger partial charge < -0.3 is 9.84 Å². The number of hydrogen-bond acceptors (Lipinski definition) is 2. The van der Waals surface area contributed by atoms with Crippen molar-refractivity contribution in [3.05, 3.63) is 34.9 Å². The van der Waals surface area contributed by atoms with E-state index >= 15 is 0 Å². The van der Waals surface area contributed by atoms with Crippen LogP contribution in [0.3, 0.4) is 0 Å². The fourth-order valence-corrected chi connectivity index (χ4v) is 3.45. The maximum Gasteiger partial charge on any atom is 0.0943 e. The molecule has 1 N–H and O–H groups in total. The average Bonchev–Trinajstić information content (AvgIpc) is 2.46. The van der Waals surface area contributed by atoms with Gasteiger partial charge in [0.25, 0.3) is 0 Å². The Morgan fingerprint density at radius 1 is 1.24 bits per heavy atom. The first-order chi connectivity index (χ1) is 9.97. The molecule has 0 saturated heterocycles. The second kappa shape index (κ2) is 6.93. The highest BCUT2D eigenvalue weighted by atomic mass is 16.5. The van der Waals surface area contributed by atoms with Crippen LogP contribution in [0.5, 0.6) is 0 Å². The van der Waals surface area contributed by atoms with E-state index in [9.17, 15) is 5.11 Å². The number of hydrogen-bond donors (Lipinski definition) is 1. The molecule has 2 rings (SSSR count). The summed E-state index contributed by atoms with van der Waals surface area (Å²) in [6.07, 6.45) is 4.55. The molecule has 0 heterocycles. The van der Waals surface area contributed by atoms with Gasteiger partial charge in [0.15, 0.2) is 0 Å². The van der Waals surface area contributed by atoms with Gasteiger partial charge in [0.05, 0.1) is 11.7 Å². The molecular weight excluding hydrogens is 260 g/mol. The van der Waals surface area contributed by atoms with E-state index in [1.54, 1.807) is 0 Å². The Bertz CT molecular complexity index is 459. The maximum absolute atomic E-state index is 10.8. The Morgan fingerprint density at radius 3 is 2.48 bits per heavy atom. The van der Waals surface area contributed by atoms with Crippen molar-refractivity contribution in [3.8, 4) is 0 Å². The van der Waals surface area contributed by atoms with Crippen LogP contribution in [0.15, 0.2) is 18.2 Å². The molecule has 1 fully saturated rings. The minimum atomic E-state index is -0.410. The SMILES string of the molecule is CCOC1(C(O)Cc2ccc(C)c(C)c2)CCC(C)CC1. The van der Waals surface area contributed by atoms with Crippen LogP contribution in [0, 0.1) is 19.8 Å². The molecular formula is C19H30O2. The summed E-state index contributed by atoms with van der Waals surface area (Å²) in [6, 6.07) is 6.48. The molecule has 2 heteroatoms. The van der Waals surface area contributed by atoms with Crippen molar-refractivity contribution in [2.24, 2.45) is 5.92 Å². The quantitative estimate of drug-likeness (QED) is 0.881. The minimum Gasteiger partial charge on any atom is -0.390 e. The van der Waals surface area contributed by atoms with E-state index in [0.717, 1.165) is 31.6 Å². The smallest absolute Gasteiger partial charge is 0.0943 e. The first-order valence-electron chi connectivity index (χ1n) is 8.35. The van der Waals surface area contributed by atoms with Gasteiger partial charge in [-0.3, -0.25) is 0 Å². The monoisotopic (exact) mass is 290 g/mol. The van der Waals surface area contributed by atoms with Crippen LogP contribution in [-0.4, -0.2) is 23.4 Å². The summed E-state index contributed by atoms with van der Waals surface area (Å²) in [7, 11) is 0. The number of aliphatic hydroxyl groups excluding tert-OH is 1. The second-order valence-electron chi connectivity index (χ2n) is 6.82. The molecule has 1 aliphatic carbocycles. The van der Waals surface area contributed by atoms with Crippen molar-refractivity contribution in [2.45, 2.75) is 71.5 Å². The largest absolute Gasteiger partial charge is 0.390 e. The maximum atomic E-state index is 10.8. The van der Waals surface area contributed by atoms with Gasteiger partial charge in [-0.1, -0.05) is 25.1 Å². The Morgan fingerprint density at radius 2 is 1.90 bits per heavy atom. The van der Waals surface area contributed by atoms with Gasteiger partial charge in [-0.25, -0.2) is 0 Å². The summed E-state index contributed by atoms with van der Waals surface area (Å²) in [6.45, 7) is 9.26. The molecule has 1 aliphatic rings. The van der Waals surface area contributed by atoms with Gasteiger partial charge >= 0.3 is 0 Å². The zero-order valence-corrected chi connectivity index (χ0v) is 14.0. The van der Waals surface area contributed by atoms with E-state index in [0.29, 0.717) is 13.0 Å². The number of ether oxygens (including phenoxy) is 1. The van der Waals surface area contributed by atoms with Crippen molar-refractivity contribution < 1.29 is 9.84 Å². The van der Waals surface area contributed by atoms with Gasteiger partial charge in [0.1, 0.15) is 0 Å². The molecule has 1 aromatic rings. The van der Waals surface area contributed by atoms with Crippen molar-refractivity contribution >= 4 is 0 Å². The summed E-state index contributed by atoms with van der Waals surface area (Å²) in [5.41, 5.74) is 3.48. The summed E-state index contributed by atoms with van der Waals surface area (Å²) in [5.74, 6) is 0.757. The second-order valence-corrected chi connectivity index (χ2v) is 6.82. The third-order valence-electron chi connectivity index (χ3n) is 5.16. The van der Waals surface area contributed by atoms with Crippen LogP contribution in [0.4, 0.5) is 0 Å². The minimum absolute atomic E-state index is 0.333. The highest BCUT2D eigenvalue weighted by Crippen LogP contribution is 2.38. The number of aliphatic hydroxyl groups is 1. The summed E-state index contributed by atoms with van der Waals surface area (Å²) in [4.78, 5) is 0. The molecule has 0 aromatic heterocycles. The molecule has 2 nitrogen and oxygen atoms in total. The first-order valence-corrected chi connectivity index (χ1v) is 8.35. The predicted octanol–water partition coefficient (Wildman–Crippen LogP) is 4.19. The Balaban J connectivity index is 2.11. The molecule has 1 atom stereocenters. The molecule has 1 unspecified atom stereocenters. The molecule has 0 radical (unpaired) electrons. The predicted molar refractivity (Wildman–Crippen MR) is 87.6 cm³/mol. The topological polar surface area (TPSA) is 29.5 Å². The Kier molecular flexibility index (Phi) is 5.45. The Labute approximate surface area is 129 Å². The van der Waals surface area contributed by atoms with Crippen LogP contribution in [0.25, 0.3) is 0 Å². The lowest BCUT2D eigenvalue weighted by molar-refractivity contribution is -0.143. The van der Waals surface area contributed by atoms with E-state index in [4.69, 9.17) is 4.74 Å². The van der Waals surface area contributed by atoms with Gasteiger partial charge in [0, 0.05) is 13.0 Å². The molecule has 0 bridgehead atoms. The van der Waals surface area contributed by atoms with Crippen LogP contribution in [0.1, 0.15) is 56.2 Å². The Hall–Kier alpha value is -0.860. The fourth-order valence-electron chi connectivity index (χ4n) is 3.45. The summed E-state index contributed by atoms with van der Waals surface area (Å²) >= 11 is 0. The van der Waals surface area contributed by atoms with E-state index in [-0.39, 0.29) is 5.60 Å². The molecule has 0 aliphatic heterocycles. The molecule has 0 spiro atoms. The molecule has 0 amide bonds. The van der Waals surface area contributed by atoms with Gasteiger partial charge in [-0.2, -0.15) is 0 Å². The van der Waals surface area contributed by atoms with Gasteiger partial charge in [0.2, 0.25) is 0 Å². The lowest BCUT2D eigenvalue weighted by Crippen LogP contribution is -2.48. The van der Waals surface area contributed by atoms with Gasteiger partial charge in [-0.15, -0.1) is 0 Å². The zero-order valence-electron chi connectivity index (χ0n) is 14.0. The fraction of sp³-hybridized carbons (Fsp3) is 0.684. The van der Waals surface area contributed by atoms with Crippen molar-refractivity contribution in [1.82, 2.24) is 0 Å². The summed E-state index contributed by atoms with van der Waals surface area (Å²) in [5, 5.41) is 10.8. The van der Waals surface area contributed by atoms with E-state index in [2.05, 4.69) is 39.0 Å². The van der Waals surface area contributed by atoms with Crippen LogP contribution < -0.4 is 0 Å².